The van der Waals surface area contributed by atoms with Crippen LogP contribution in [0.3, 0.4) is 0 Å². The molecule has 1 aromatic rings. The Morgan fingerprint density at radius 3 is 2.53 bits per heavy atom. The molecule has 0 aromatic carbocycles. The van der Waals surface area contributed by atoms with E-state index in [1.165, 1.54) is 0 Å². The minimum absolute atomic E-state index is 0.268. The van der Waals surface area contributed by atoms with E-state index in [0.29, 0.717) is 17.8 Å². The van der Waals surface area contributed by atoms with E-state index in [1.807, 2.05) is 0 Å². The Labute approximate surface area is 90.4 Å². The molecular weight excluding hydrogens is 192 g/mol. The van der Waals surface area contributed by atoms with E-state index in [0.717, 1.165) is 6.54 Å². The van der Waals surface area contributed by atoms with E-state index in [2.05, 4.69) is 43.2 Å². The van der Waals surface area contributed by atoms with Gasteiger partial charge in [0.05, 0.1) is 6.54 Å². The summed E-state index contributed by atoms with van der Waals surface area (Å²) >= 11 is 0. The van der Waals surface area contributed by atoms with E-state index in [4.69, 9.17) is 10.2 Å². The molecule has 0 bridgehead atoms. The first-order chi connectivity index (χ1) is 6.93. The van der Waals surface area contributed by atoms with Gasteiger partial charge >= 0.3 is 6.01 Å². The fourth-order valence-electron chi connectivity index (χ4n) is 0.954. The summed E-state index contributed by atoms with van der Waals surface area (Å²) in [5, 5.41) is 10.7. The third-order valence-electron chi connectivity index (χ3n) is 2.68. The monoisotopic (exact) mass is 212 g/mol. The van der Waals surface area contributed by atoms with Crippen molar-refractivity contribution in [2.24, 2.45) is 17.1 Å². The van der Waals surface area contributed by atoms with Crippen LogP contribution in [0.25, 0.3) is 0 Å². The molecule has 0 spiro atoms. The van der Waals surface area contributed by atoms with Crippen LogP contribution >= 0.6 is 0 Å². The van der Waals surface area contributed by atoms with E-state index < -0.39 is 0 Å². The van der Waals surface area contributed by atoms with Crippen LogP contribution in [0.5, 0.6) is 0 Å². The zero-order valence-electron chi connectivity index (χ0n) is 9.87. The summed E-state index contributed by atoms with van der Waals surface area (Å²) in [6, 6.07) is 0.451. The molecule has 86 valence electrons. The molecule has 1 atom stereocenters. The molecule has 0 radical (unpaired) electrons. The van der Waals surface area contributed by atoms with Crippen molar-refractivity contribution in [3.8, 4) is 0 Å². The van der Waals surface area contributed by atoms with Crippen molar-refractivity contribution in [1.29, 1.82) is 0 Å². The zero-order chi connectivity index (χ0) is 11.5. The zero-order valence-corrected chi connectivity index (χ0v) is 9.87. The van der Waals surface area contributed by atoms with Gasteiger partial charge in [-0.1, -0.05) is 32.8 Å². The molecule has 3 N–H and O–H groups in total. The second-order valence-electron chi connectivity index (χ2n) is 4.85. The summed E-state index contributed by atoms with van der Waals surface area (Å²) in [5.74, 6) is 0.978. The largest absolute Gasteiger partial charge is 0.407 e. The summed E-state index contributed by atoms with van der Waals surface area (Å²) in [4.78, 5) is 0. The first-order valence-electron chi connectivity index (χ1n) is 5.20. The van der Waals surface area contributed by atoms with E-state index in [9.17, 15) is 0 Å². The SMILES string of the molecule is CC(CNc1nnc(CN)o1)C(C)(C)C. The van der Waals surface area contributed by atoms with Crippen LogP contribution in [0.2, 0.25) is 0 Å². The topological polar surface area (TPSA) is 77.0 Å². The normalized spacial score (nSPS) is 13.9. The van der Waals surface area contributed by atoms with Crippen molar-refractivity contribution in [2.75, 3.05) is 11.9 Å². The molecule has 1 aromatic heterocycles. The molecule has 1 unspecified atom stereocenters. The quantitative estimate of drug-likeness (QED) is 0.793. The molecule has 1 rings (SSSR count). The fourth-order valence-corrected chi connectivity index (χ4v) is 0.954. The van der Waals surface area contributed by atoms with Gasteiger partial charge in [0.25, 0.3) is 0 Å². The van der Waals surface area contributed by atoms with Crippen molar-refractivity contribution >= 4 is 6.01 Å². The summed E-state index contributed by atoms with van der Waals surface area (Å²) in [6.07, 6.45) is 0. The minimum atomic E-state index is 0.268. The predicted molar refractivity (Wildman–Crippen MR) is 59.3 cm³/mol. The lowest BCUT2D eigenvalue weighted by Crippen LogP contribution is -2.24. The van der Waals surface area contributed by atoms with Crippen LogP contribution in [0.1, 0.15) is 33.6 Å². The van der Waals surface area contributed by atoms with Gasteiger partial charge in [0.2, 0.25) is 5.89 Å². The Bertz CT molecular complexity index is 303. The lowest BCUT2D eigenvalue weighted by molar-refractivity contribution is 0.273. The predicted octanol–water partition coefficient (Wildman–Crippen LogP) is 1.62. The number of rotatable bonds is 4. The molecule has 0 amide bonds. The maximum Gasteiger partial charge on any atom is 0.315 e. The van der Waals surface area contributed by atoms with E-state index in [-0.39, 0.29) is 12.0 Å². The number of aromatic nitrogens is 2. The van der Waals surface area contributed by atoms with Crippen LogP contribution in [0.4, 0.5) is 6.01 Å². The Hall–Kier alpha value is -1.10. The smallest absolute Gasteiger partial charge is 0.315 e. The van der Waals surface area contributed by atoms with Gasteiger partial charge in [-0.15, -0.1) is 5.10 Å². The van der Waals surface area contributed by atoms with Gasteiger partial charge in [-0.3, -0.25) is 0 Å². The molecule has 0 fully saturated rings. The molecule has 0 saturated carbocycles. The van der Waals surface area contributed by atoms with Gasteiger partial charge in [0, 0.05) is 6.54 Å². The maximum atomic E-state index is 5.36. The summed E-state index contributed by atoms with van der Waals surface area (Å²) in [5.41, 5.74) is 5.63. The fraction of sp³-hybridized carbons (Fsp3) is 0.800. The molecule has 5 nitrogen and oxygen atoms in total. The van der Waals surface area contributed by atoms with Gasteiger partial charge in [0.15, 0.2) is 0 Å². The summed E-state index contributed by atoms with van der Waals surface area (Å²) in [7, 11) is 0. The second-order valence-corrected chi connectivity index (χ2v) is 4.85. The number of nitrogens with two attached hydrogens (primary N) is 1. The van der Waals surface area contributed by atoms with Crippen molar-refractivity contribution in [3.63, 3.8) is 0 Å². The molecule has 5 heteroatoms. The Morgan fingerprint density at radius 2 is 2.07 bits per heavy atom. The van der Waals surface area contributed by atoms with Gasteiger partial charge < -0.3 is 15.5 Å². The Morgan fingerprint density at radius 1 is 1.40 bits per heavy atom. The average molecular weight is 212 g/mol. The lowest BCUT2D eigenvalue weighted by atomic mass is 9.82. The third-order valence-corrected chi connectivity index (χ3v) is 2.68. The highest BCUT2D eigenvalue weighted by Gasteiger charge is 2.20. The number of anilines is 1. The average Bonchev–Trinajstić information content (AvgIpc) is 2.60. The van der Waals surface area contributed by atoms with Crippen molar-refractivity contribution in [2.45, 2.75) is 34.2 Å². The first kappa shape index (κ1) is 12.0. The van der Waals surface area contributed by atoms with Crippen LogP contribution < -0.4 is 11.1 Å². The number of nitrogens with zero attached hydrogens (tertiary/aromatic N) is 2. The Balaban J connectivity index is 2.43. The van der Waals surface area contributed by atoms with Crippen LogP contribution in [0.15, 0.2) is 4.42 Å². The van der Waals surface area contributed by atoms with E-state index in [1.54, 1.807) is 0 Å². The molecule has 1 heterocycles. The van der Waals surface area contributed by atoms with Crippen molar-refractivity contribution < 1.29 is 4.42 Å². The van der Waals surface area contributed by atoms with Crippen LogP contribution in [-0.2, 0) is 6.54 Å². The summed E-state index contributed by atoms with van der Waals surface area (Å²) in [6.45, 7) is 9.90. The number of nitrogens with one attached hydrogen (secondary N) is 1. The van der Waals surface area contributed by atoms with E-state index >= 15 is 0 Å². The highest BCUT2D eigenvalue weighted by atomic mass is 16.4. The molecule has 0 aliphatic rings. The van der Waals surface area contributed by atoms with Gasteiger partial charge in [0.1, 0.15) is 0 Å². The Kier molecular flexibility index (Phi) is 3.68. The molecule has 0 aliphatic carbocycles. The second kappa shape index (κ2) is 4.61. The minimum Gasteiger partial charge on any atom is -0.407 e. The molecular formula is C10H20N4O. The molecule has 0 saturated heterocycles. The number of hydrogen-bond donors (Lipinski definition) is 2. The maximum absolute atomic E-state index is 5.36. The van der Waals surface area contributed by atoms with Crippen molar-refractivity contribution in [3.05, 3.63) is 5.89 Å². The lowest BCUT2D eigenvalue weighted by Gasteiger charge is -2.26. The molecule has 0 aliphatic heterocycles. The van der Waals surface area contributed by atoms with Crippen LogP contribution in [-0.4, -0.2) is 16.7 Å². The third kappa shape index (κ3) is 3.51. The first-order valence-corrected chi connectivity index (χ1v) is 5.20. The standard InChI is InChI=1S/C10H20N4O/c1-7(10(2,3)4)6-12-9-14-13-8(5-11)15-9/h7H,5-6,11H2,1-4H3,(H,12,14). The van der Waals surface area contributed by atoms with Crippen molar-refractivity contribution in [1.82, 2.24) is 10.2 Å². The van der Waals surface area contributed by atoms with Gasteiger partial charge in [-0.05, 0) is 11.3 Å². The summed E-state index contributed by atoms with van der Waals surface area (Å²) < 4.78 is 5.24. The highest BCUT2D eigenvalue weighted by Crippen LogP contribution is 2.25. The number of hydrogen-bond acceptors (Lipinski definition) is 5. The van der Waals surface area contributed by atoms with Crippen LogP contribution in [0, 0.1) is 11.3 Å². The molecule has 15 heavy (non-hydrogen) atoms. The van der Waals surface area contributed by atoms with Gasteiger partial charge in [-0.25, -0.2) is 0 Å². The highest BCUT2D eigenvalue weighted by molar-refractivity contribution is 5.16. The van der Waals surface area contributed by atoms with Gasteiger partial charge in [-0.2, -0.15) is 0 Å².